The van der Waals surface area contributed by atoms with Gasteiger partial charge in [-0.2, -0.15) is 0 Å². The van der Waals surface area contributed by atoms with Crippen LogP contribution in [0.15, 0.2) is 36.4 Å². The molecule has 2 N–H and O–H groups in total. The van der Waals surface area contributed by atoms with Gasteiger partial charge in [-0.05, 0) is 41.8 Å². The molecule has 4 amide bonds. The van der Waals surface area contributed by atoms with Gasteiger partial charge in [-0.15, -0.1) is 0 Å². The highest BCUT2D eigenvalue weighted by molar-refractivity contribution is 7.85. The molecule has 2 aromatic carbocycles. The van der Waals surface area contributed by atoms with Crippen molar-refractivity contribution in [2.24, 2.45) is 0 Å². The molecule has 1 heterocycles. The Morgan fingerprint density at radius 2 is 1.82 bits per heavy atom. The first-order chi connectivity index (χ1) is 17.8. The summed E-state index contributed by atoms with van der Waals surface area (Å²) in [6.45, 7) is 7.17. The second-order valence-electron chi connectivity index (χ2n) is 9.65. The van der Waals surface area contributed by atoms with Gasteiger partial charge < -0.3 is 14.8 Å². The molecule has 1 unspecified atom stereocenters. The Balaban J connectivity index is 1.94. The van der Waals surface area contributed by atoms with Gasteiger partial charge in [0.2, 0.25) is 5.91 Å². The minimum Gasteiger partial charge on any atom is -0.496 e. The molecule has 0 spiro atoms. The number of rotatable bonds is 8. The van der Waals surface area contributed by atoms with Crippen LogP contribution < -0.4 is 24.6 Å². The van der Waals surface area contributed by atoms with Crippen molar-refractivity contribution < 1.29 is 32.9 Å². The summed E-state index contributed by atoms with van der Waals surface area (Å²) in [5.74, 6) is -0.941. The van der Waals surface area contributed by atoms with Gasteiger partial charge in [-0.3, -0.25) is 28.9 Å². The summed E-state index contributed by atoms with van der Waals surface area (Å²) >= 11 is 0. The molecule has 1 aliphatic rings. The van der Waals surface area contributed by atoms with Gasteiger partial charge in [-0.1, -0.05) is 20.8 Å². The number of amides is 4. The quantitative estimate of drug-likeness (QED) is 0.385. The number of esters is 1. The minimum absolute atomic E-state index is 0.146. The van der Waals surface area contributed by atoms with Gasteiger partial charge in [0.1, 0.15) is 16.7 Å². The van der Waals surface area contributed by atoms with Crippen molar-refractivity contribution in [3.05, 3.63) is 47.5 Å². The number of benzene rings is 2. The van der Waals surface area contributed by atoms with E-state index in [-0.39, 0.29) is 31.2 Å². The molecule has 38 heavy (non-hydrogen) atoms. The standard InChI is InChI=1S/C26H32N4O7S/c1-16(31)37-15-30(38(6)35)18-9-7-17(8-10-18)27-24(33)20-13-19(29-12-11-22(32)28-25(29)34)14-21(23(20)36-5)26(2,3)4/h7-10,13-14H,11-12,15H2,1-6H3,(H,27,33)(H,28,32,34). The van der Waals surface area contributed by atoms with Gasteiger partial charge in [0, 0.05) is 43.1 Å². The second kappa shape index (κ2) is 11.6. The number of hydrogen-bond donors (Lipinski definition) is 2. The average molecular weight is 545 g/mol. The lowest BCUT2D eigenvalue weighted by Gasteiger charge is -2.30. The number of imide groups is 1. The first kappa shape index (κ1) is 28.6. The Kier molecular flexibility index (Phi) is 8.77. The van der Waals surface area contributed by atoms with Crippen LogP contribution in [0.4, 0.5) is 21.9 Å². The molecule has 0 radical (unpaired) electrons. The molecular weight excluding hydrogens is 512 g/mol. The largest absolute Gasteiger partial charge is 0.496 e. The van der Waals surface area contributed by atoms with Crippen LogP contribution >= 0.6 is 0 Å². The number of ether oxygens (including phenoxy) is 2. The molecule has 3 rings (SSSR count). The zero-order valence-corrected chi connectivity index (χ0v) is 23.1. The summed E-state index contributed by atoms with van der Waals surface area (Å²) in [5, 5.41) is 5.14. The Hall–Kier alpha value is -3.93. The molecule has 0 aromatic heterocycles. The fourth-order valence-corrected chi connectivity index (χ4v) is 4.50. The van der Waals surface area contributed by atoms with E-state index in [1.54, 1.807) is 36.4 Å². The van der Waals surface area contributed by atoms with E-state index in [9.17, 15) is 23.4 Å². The third kappa shape index (κ3) is 6.68. The van der Waals surface area contributed by atoms with Crippen molar-refractivity contribution in [2.45, 2.75) is 39.5 Å². The summed E-state index contributed by atoms with van der Waals surface area (Å²) in [6.07, 6.45) is 1.61. The average Bonchev–Trinajstić information content (AvgIpc) is 2.83. The van der Waals surface area contributed by atoms with Crippen LogP contribution in [-0.4, -0.2) is 54.7 Å². The molecule has 0 aliphatic carbocycles. The molecule has 204 valence electrons. The maximum absolute atomic E-state index is 13.5. The highest BCUT2D eigenvalue weighted by atomic mass is 32.2. The number of nitrogens with one attached hydrogen (secondary N) is 2. The maximum atomic E-state index is 13.5. The fourth-order valence-electron chi connectivity index (χ4n) is 3.88. The number of hydrogen-bond acceptors (Lipinski definition) is 7. The summed E-state index contributed by atoms with van der Waals surface area (Å²) < 4.78 is 24.1. The summed E-state index contributed by atoms with van der Waals surface area (Å²) in [7, 11) is 0.0268. The highest BCUT2D eigenvalue weighted by Crippen LogP contribution is 2.38. The molecule has 0 saturated carbocycles. The third-order valence-corrected chi connectivity index (χ3v) is 6.74. The van der Waals surface area contributed by atoms with Crippen LogP contribution in [0, 0.1) is 0 Å². The molecule has 1 aliphatic heterocycles. The summed E-state index contributed by atoms with van der Waals surface area (Å²) in [5.41, 5.74) is 1.96. The van der Waals surface area contributed by atoms with Crippen molar-refractivity contribution in [2.75, 3.05) is 41.2 Å². The molecular formula is C26H32N4O7S. The Bertz CT molecular complexity index is 1270. The Labute approximate surface area is 224 Å². The number of carbonyl (C=O) groups is 4. The van der Waals surface area contributed by atoms with Crippen LogP contribution in [0.3, 0.4) is 0 Å². The Morgan fingerprint density at radius 3 is 2.34 bits per heavy atom. The monoisotopic (exact) mass is 544 g/mol. The molecule has 0 bridgehead atoms. The van der Waals surface area contributed by atoms with E-state index in [0.717, 1.165) is 0 Å². The number of urea groups is 1. The van der Waals surface area contributed by atoms with Crippen molar-refractivity contribution in [1.82, 2.24) is 5.32 Å². The molecule has 11 nitrogen and oxygen atoms in total. The third-order valence-electron chi connectivity index (χ3n) is 5.80. The predicted molar refractivity (Wildman–Crippen MR) is 145 cm³/mol. The highest BCUT2D eigenvalue weighted by Gasteiger charge is 2.30. The summed E-state index contributed by atoms with van der Waals surface area (Å²) in [4.78, 5) is 50.2. The normalized spacial score (nSPS) is 14.4. The summed E-state index contributed by atoms with van der Waals surface area (Å²) in [6, 6.07) is 9.35. The SMILES string of the molecule is COc1c(C(=O)Nc2ccc(N(COC(C)=O)S(C)=O)cc2)cc(N2CCC(=O)NC2=O)cc1C(C)(C)C. The molecule has 1 saturated heterocycles. The number of carbonyl (C=O) groups excluding carboxylic acids is 4. The minimum atomic E-state index is -1.45. The van der Waals surface area contributed by atoms with Gasteiger partial charge in [0.25, 0.3) is 5.91 Å². The van der Waals surface area contributed by atoms with Gasteiger partial charge >= 0.3 is 12.0 Å². The number of nitrogens with zero attached hydrogens (tertiary/aromatic N) is 2. The van der Waals surface area contributed by atoms with Crippen LogP contribution in [0.25, 0.3) is 0 Å². The first-order valence-electron chi connectivity index (χ1n) is 11.8. The van der Waals surface area contributed by atoms with Gasteiger partial charge in [0.15, 0.2) is 6.73 Å². The van der Waals surface area contributed by atoms with E-state index < -0.39 is 34.3 Å². The molecule has 2 aromatic rings. The van der Waals surface area contributed by atoms with E-state index in [1.807, 2.05) is 20.8 Å². The van der Waals surface area contributed by atoms with Crippen molar-refractivity contribution in [1.29, 1.82) is 0 Å². The zero-order chi connectivity index (χ0) is 28.2. The maximum Gasteiger partial charge on any atom is 0.328 e. The lowest BCUT2D eigenvalue weighted by Crippen LogP contribution is -2.49. The molecule has 12 heteroatoms. The van der Waals surface area contributed by atoms with E-state index >= 15 is 0 Å². The van der Waals surface area contributed by atoms with Crippen LogP contribution in [0.5, 0.6) is 5.75 Å². The van der Waals surface area contributed by atoms with E-state index in [1.165, 1.54) is 29.5 Å². The van der Waals surface area contributed by atoms with Crippen molar-refractivity contribution in [3.63, 3.8) is 0 Å². The number of methoxy groups -OCH3 is 1. The second-order valence-corrected chi connectivity index (χ2v) is 10.9. The van der Waals surface area contributed by atoms with E-state index in [4.69, 9.17) is 9.47 Å². The lowest BCUT2D eigenvalue weighted by molar-refractivity contribution is -0.140. The van der Waals surface area contributed by atoms with Gasteiger partial charge in [0.05, 0.1) is 18.4 Å². The fraction of sp³-hybridized carbons (Fsp3) is 0.385. The van der Waals surface area contributed by atoms with Crippen LogP contribution in [-0.2, 0) is 30.7 Å². The van der Waals surface area contributed by atoms with Crippen molar-refractivity contribution in [3.8, 4) is 5.75 Å². The van der Waals surface area contributed by atoms with Crippen LogP contribution in [0.2, 0.25) is 0 Å². The van der Waals surface area contributed by atoms with Gasteiger partial charge in [-0.25, -0.2) is 9.00 Å². The smallest absolute Gasteiger partial charge is 0.328 e. The zero-order valence-electron chi connectivity index (χ0n) is 22.2. The molecule has 1 fully saturated rings. The van der Waals surface area contributed by atoms with Crippen molar-refractivity contribution >= 4 is 51.9 Å². The topological polar surface area (TPSA) is 134 Å². The van der Waals surface area contributed by atoms with E-state index in [2.05, 4.69) is 10.6 Å². The van der Waals surface area contributed by atoms with E-state index in [0.29, 0.717) is 28.4 Å². The Morgan fingerprint density at radius 1 is 1.16 bits per heavy atom. The van der Waals surface area contributed by atoms with Crippen LogP contribution in [0.1, 0.15) is 50.0 Å². The molecule has 1 atom stereocenters. The first-order valence-corrected chi connectivity index (χ1v) is 13.3. The predicted octanol–water partition coefficient (Wildman–Crippen LogP) is 3.31. The lowest BCUT2D eigenvalue weighted by atomic mass is 9.84. The number of anilines is 3.